The molecule has 18 heavy (non-hydrogen) atoms. The third-order valence-electron chi connectivity index (χ3n) is 2.58. The fourth-order valence-electron chi connectivity index (χ4n) is 1.40. The molecule has 100 valence electrons. The Hall–Kier alpha value is -1.71. The van der Waals surface area contributed by atoms with E-state index < -0.39 is 0 Å². The number of methoxy groups -OCH3 is 1. The average Bonchev–Trinajstić information content (AvgIpc) is 2.39. The summed E-state index contributed by atoms with van der Waals surface area (Å²) in [5.41, 5.74) is 0.468. The van der Waals surface area contributed by atoms with Gasteiger partial charge in [-0.1, -0.05) is 6.92 Å². The summed E-state index contributed by atoms with van der Waals surface area (Å²) in [6, 6.07) is 5.03. The van der Waals surface area contributed by atoms with Gasteiger partial charge in [0.25, 0.3) is 0 Å². The molecule has 0 amide bonds. The quantitative estimate of drug-likeness (QED) is 0.730. The normalized spacial score (nSPS) is 11.8. The van der Waals surface area contributed by atoms with E-state index >= 15 is 0 Å². The fourth-order valence-corrected chi connectivity index (χ4v) is 1.40. The Labute approximate surface area is 108 Å². The molecule has 0 fully saturated rings. The standard InChI is InChI=1S/C14H20O4/c1-5-10(3)18-14(15)11-7-8-12(17-6-2)13(9-11)16-4/h7-10H,5-6H2,1-4H3. The summed E-state index contributed by atoms with van der Waals surface area (Å²) in [6.45, 7) is 6.28. The van der Waals surface area contributed by atoms with Crippen molar-refractivity contribution in [3.8, 4) is 11.5 Å². The van der Waals surface area contributed by atoms with E-state index in [1.165, 1.54) is 0 Å². The first-order valence-corrected chi connectivity index (χ1v) is 6.14. The molecular weight excluding hydrogens is 232 g/mol. The smallest absolute Gasteiger partial charge is 0.338 e. The van der Waals surface area contributed by atoms with Gasteiger partial charge in [0.15, 0.2) is 11.5 Å². The van der Waals surface area contributed by atoms with Crippen molar-refractivity contribution in [3.05, 3.63) is 23.8 Å². The van der Waals surface area contributed by atoms with E-state index in [0.717, 1.165) is 6.42 Å². The van der Waals surface area contributed by atoms with Crippen LogP contribution in [0, 0.1) is 0 Å². The summed E-state index contributed by atoms with van der Waals surface area (Å²) in [5.74, 6) is 0.821. The molecule has 0 radical (unpaired) electrons. The highest BCUT2D eigenvalue weighted by atomic mass is 16.5. The second kappa shape index (κ2) is 6.89. The summed E-state index contributed by atoms with van der Waals surface area (Å²) >= 11 is 0. The van der Waals surface area contributed by atoms with Crippen LogP contribution in [-0.4, -0.2) is 25.8 Å². The molecule has 0 saturated heterocycles. The molecule has 0 aliphatic rings. The SMILES string of the molecule is CCOc1ccc(C(=O)OC(C)CC)cc1OC. The van der Waals surface area contributed by atoms with Crippen molar-refractivity contribution in [1.29, 1.82) is 0 Å². The zero-order chi connectivity index (χ0) is 13.5. The van der Waals surface area contributed by atoms with E-state index in [0.29, 0.717) is 23.7 Å². The number of carbonyl (C=O) groups excluding carboxylic acids is 1. The monoisotopic (exact) mass is 252 g/mol. The zero-order valence-corrected chi connectivity index (χ0v) is 11.4. The van der Waals surface area contributed by atoms with Crippen molar-refractivity contribution in [2.75, 3.05) is 13.7 Å². The molecule has 0 spiro atoms. The first-order valence-electron chi connectivity index (χ1n) is 6.14. The minimum atomic E-state index is -0.342. The first kappa shape index (κ1) is 14.4. The van der Waals surface area contributed by atoms with Gasteiger partial charge in [-0.15, -0.1) is 0 Å². The van der Waals surface area contributed by atoms with E-state index in [2.05, 4.69) is 0 Å². The van der Waals surface area contributed by atoms with Crippen LogP contribution in [-0.2, 0) is 4.74 Å². The summed E-state index contributed by atoms with van der Waals surface area (Å²) in [4.78, 5) is 11.8. The van der Waals surface area contributed by atoms with Crippen molar-refractivity contribution in [1.82, 2.24) is 0 Å². The Bertz CT molecular complexity index is 401. The number of rotatable bonds is 6. The number of carbonyl (C=O) groups is 1. The third-order valence-corrected chi connectivity index (χ3v) is 2.58. The lowest BCUT2D eigenvalue weighted by molar-refractivity contribution is 0.0334. The van der Waals surface area contributed by atoms with Crippen LogP contribution in [0.25, 0.3) is 0 Å². The van der Waals surface area contributed by atoms with Crippen LogP contribution in [0.2, 0.25) is 0 Å². The predicted octanol–water partition coefficient (Wildman–Crippen LogP) is 3.05. The van der Waals surface area contributed by atoms with Gasteiger partial charge in [-0.2, -0.15) is 0 Å². The van der Waals surface area contributed by atoms with Gasteiger partial charge in [0, 0.05) is 0 Å². The summed E-state index contributed by atoms with van der Waals surface area (Å²) in [7, 11) is 1.54. The number of hydrogen-bond acceptors (Lipinski definition) is 4. The van der Waals surface area contributed by atoms with Gasteiger partial charge in [0.05, 0.1) is 25.4 Å². The topological polar surface area (TPSA) is 44.8 Å². The Kier molecular flexibility index (Phi) is 5.49. The largest absolute Gasteiger partial charge is 0.493 e. The molecule has 1 rings (SSSR count). The van der Waals surface area contributed by atoms with Crippen LogP contribution in [0.4, 0.5) is 0 Å². The minimum absolute atomic E-state index is 0.0879. The fraction of sp³-hybridized carbons (Fsp3) is 0.500. The van der Waals surface area contributed by atoms with Gasteiger partial charge in [-0.25, -0.2) is 4.79 Å². The molecule has 1 atom stereocenters. The van der Waals surface area contributed by atoms with Gasteiger partial charge in [0.1, 0.15) is 0 Å². The van der Waals surface area contributed by atoms with Crippen molar-refractivity contribution >= 4 is 5.97 Å². The van der Waals surface area contributed by atoms with Gasteiger partial charge >= 0.3 is 5.97 Å². The van der Waals surface area contributed by atoms with Crippen LogP contribution in [0.15, 0.2) is 18.2 Å². The maximum Gasteiger partial charge on any atom is 0.338 e. The third kappa shape index (κ3) is 3.65. The van der Waals surface area contributed by atoms with Crippen LogP contribution < -0.4 is 9.47 Å². The highest BCUT2D eigenvalue weighted by Gasteiger charge is 2.14. The van der Waals surface area contributed by atoms with Gasteiger partial charge < -0.3 is 14.2 Å². The first-order chi connectivity index (χ1) is 8.62. The number of esters is 1. The van der Waals surface area contributed by atoms with E-state index in [9.17, 15) is 4.79 Å². The molecule has 0 N–H and O–H groups in total. The molecule has 0 bridgehead atoms. The lowest BCUT2D eigenvalue weighted by Gasteiger charge is -2.13. The number of hydrogen-bond donors (Lipinski definition) is 0. The minimum Gasteiger partial charge on any atom is -0.493 e. The van der Waals surface area contributed by atoms with Gasteiger partial charge in [0.2, 0.25) is 0 Å². The molecule has 1 aromatic carbocycles. The Balaban J connectivity index is 2.87. The van der Waals surface area contributed by atoms with Crippen molar-refractivity contribution in [2.45, 2.75) is 33.3 Å². The molecule has 4 heteroatoms. The van der Waals surface area contributed by atoms with Crippen LogP contribution >= 0.6 is 0 Å². The van der Waals surface area contributed by atoms with Crippen LogP contribution in [0.5, 0.6) is 11.5 Å². The Morgan fingerprint density at radius 2 is 2.00 bits per heavy atom. The number of benzene rings is 1. The molecule has 0 saturated carbocycles. The molecular formula is C14H20O4. The molecule has 0 aromatic heterocycles. The number of ether oxygens (including phenoxy) is 3. The lowest BCUT2D eigenvalue weighted by atomic mass is 10.2. The lowest BCUT2D eigenvalue weighted by Crippen LogP contribution is -2.14. The predicted molar refractivity (Wildman–Crippen MR) is 69.3 cm³/mol. The maximum absolute atomic E-state index is 11.8. The van der Waals surface area contributed by atoms with Crippen molar-refractivity contribution in [2.24, 2.45) is 0 Å². The summed E-state index contributed by atoms with van der Waals surface area (Å²) < 4.78 is 15.8. The van der Waals surface area contributed by atoms with Gasteiger partial charge in [-0.05, 0) is 38.5 Å². The second-order valence-corrected chi connectivity index (χ2v) is 3.92. The molecule has 0 aliphatic heterocycles. The second-order valence-electron chi connectivity index (χ2n) is 3.92. The van der Waals surface area contributed by atoms with E-state index in [1.54, 1.807) is 25.3 Å². The van der Waals surface area contributed by atoms with E-state index in [1.807, 2.05) is 20.8 Å². The highest BCUT2D eigenvalue weighted by Crippen LogP contribution is 2.28. The summed E-state index contributed by atoms with van der Waals surface area (Å²) in [5, 5.41) is 0. The Morgan fingerprint density at radius 1 is 1.28 bits per heavy atom. The summed E-state index contributed by atoms with van der Waals surface area (Å²) in [6.07, 6.45) is 0.704. The van der Waals surface area contributed by atoms with Gasteiger partial charge in [-0.3, -0.25) is 0 Å². The molecule has 0 aliphatic carbocycles. The molecule has 1 aromatic rings. The molecule has 4 nitrogen and oxygen atoms in total. The van der Waals surface area contributed by atoms with E-state index in [-0.39, 0.29) is 12.1 Å². The Morgan fingerprint density at radius 3 is 2.56 bits per heavy atom. The average molecular weight is 252 g/mol. The van der Waals surface area contributed by atoms with Crippen LogP contribution in [0.3, 0.4) is 0 Å². The molecule has 0 heterocycles. The van der Waals surface area contributed by atoms with E-state index in [4.69, 9.17) is 14.2 Å². The zero-order valence-electron chi connectivity index (χ0n) is 11.4. The highest BCUT2D eigenvalue weighted by molar-refractivity contribution is 5.90. The van der Waals surface area contributed by atoms with Crippen molar-refractivity contribution in [3.63, 3.8) is 0 Å². The van der Waals surface area contributed by atoms with Crippen LogP contribution in [0.1, 0.15) is 37.6 Å². The molecule has 1 unspecified atom stereocenters. The maximum atomic E-state index is 11.8. The van der Waals surface area contributed by atoms with Crippen molar-refractivity contribution < 1.29 is 19.0 Å².